The number of aromatic amines is 1. The summed E-state index contributed by atoms with van der Waals surface area (Å²) >= 11 is 0. The molecule has 0 bridgehead atoms. The maximum atomic E-state index is 5.64. The van der Waals surface area contributed by atoms with Gasteiger partial charge in [-0.25, -0.2) is 0 Å². The van der Waals surface area contributed by atoms with Crippen LogP contribution in [0, 0.1) is 5.92 Å². The molecule has 0 amide bonds. The maximum absolute atomic E-state index is 5.64. The largest absolute Gasteiger partial charge is 0.382 e. The number of aromatic nitrogens is 2. The first kappa shape index (κ1) is 11.5. The van der Waals surface area contributed by atoms with E-state index in [9.17, 15) is 0 Å². The van der Waals surface area contributed by atoms with Crippen molar-refractivity contribution in [2.24, 2.45) is 5.92 Å². The summed E-state index contributed by atoms with van der Waals surface area (Å²) in [6, 6.07) is 2.00. The molecule has 0 saturated heterocycles. The molecular weight excluding hydrogens is 198 g/mol. The molecule has 0 aromatic carbocycles. The van der Waals surface area contributed by atoms with Crippen LogP contribution in [0.5, 0.6) is 0 Å². The third kappa shape index (κ3) is 2.77. The van der Waals surface area contributed by atoms with Gasteiger partial charge in [0.25, 0.3) is 0 Å². The monoisotopic (exact) mass is 221 g/mol. The normalized spacial score (nSPS) is 25.8. The van der Waals surface area contributed by atoms with E-state index in [0.29, 0.717) is 11.7 Å². The highest BCUT2D eigenvalue weighted by atomic mass is 15.2. The Balaban J connectivity index is 1.81. The lowest BCUT2D eigenvalue weighted by atomic mass is 9.78. The van der Waals surface area contributed by atoms with Gasteiger partial charge in [-0.15, -0.1) is 0 Å². The van der Waals surface area contributed by atoms with Crippen molar-refractivity contribution in [1.29, 1.82) is 0 Å². The lowest BCUT2D eigenvalue weighted by Crippen LogP contribution is -2.13. The predicted octanol–water partition coefficient (Wildman–Crippen LogP) is 3.46. The topological polar surface area (TPSA) is 54.7 Å². The van der Waals surface area contributed by atoms with E-state index in [1.54, 1.807) is 0 Å². The number of nitrogen functional groups attached to an aromatic ring is 1. The van der Waals surface area contributed by atoms with Gasteiger partial charge in [-0.05, 0) is 31.6 Å². The molecule has 90 valence electrons. The average molecular weight is 221 g/mol. The summed E-state index contributed by atoms with van der Waals surface area (Å²) in [6.45, 7) is 2.28. The second-order valence-electron chi connectivity index (χ2n) is 5.11. The Bertz CT molecular complexity index is 311. The van der Waals surface area contributed by atoms with Gasteiger partial charge >= 0.3 is 0 Å². The second-order valence-corrected chi connectivity index (χ2v) is 5.11. The maximum Gasteiger partial charge on any atom is 0.145 e. The minimum absolute atomic E-state index is 0.628. The Kier molecular flexibility index (Phi) is 3.86. The van der Waals surface area contributed by atoms with Crippen LogP contribution in [0.25, 0.3) is 0 Å². The SMILES string of the molecule is CCCCC1CCC(c2cc(N)n[nH]2)CC1. The molecule has 1 heterocycles. The molecule has 0 aliphatic heterocycles. The Morgan fingerprint density at radius 1 is 1.38 bits per heavy atom. The fraction of sp³-hybridized carbons (Fsp3) is 0.769. The van der Waals surface area contributed by atoms with Crippen molar-refractivity contribution in [1.82, 2.24) is 10.2 Å². The van der Waals surface area contributed by atoms with Gasteiger partial charge in [-0.1, -0.05) is 26.2 Å². The summed E-state index contributed by atoms with van der Waals surface area (Å²) in [7, 11) is 0. The van der Waals surface area contributed by atoms with Crippen LogP contribution in [-0.2, 0) is 0 Å². The molecule has 0 atom stereocenters. The number of nitrogens with one attached hydrogen (secondary N) is 1. The van der Waals surface area contributed by atoms with Crippen LogP contribution >= 0.6 is 0 Å². The number of hydrogen-bond acceptors (Lipinski definition) is 2. The van der Waals surface area contributed by atoms with Crippen molar-refractivity contribution in [3.63, 3.8) is 0 Å². The summed E-state index contributed by atoms with van der Waals surface area (Å²) in [4.78, 5) is 0. The molecule has 1 aromatic heterocycles. The third-order valence-electron chi connectivity index (χ3n) is 3.87. The van der Waals surface area contributed by atoms with Gasteiger partial charge in [0, 0.05) is 17.7 Å². The van der Waals surface area contributed by atoms with Crippen LogP contribution in [0.3, 0.4) is 0 Å². The number of H-pyrrole nitrogens is 1. The number of rotatable bonds is 4. The van der Waals surface area contributed by atoms with Gasteiger partial charge in [0.05, 0.1) is 0 Å². The zero-order chi connectivity index (χ0) is 11.4. The Labute approximate surface area is 97.8 Å². The first-order chi connectivity index (χ1) is 7.79. The molecule has 0 unspecified atom stereocenters. The highest BCUT2D eigenvalue weighted by Crippen LogP contribution is 2.37. The highest BCUT2D eigenvalue weighted by Gasteiger charge is 2.23. The minimum Gasteiger partial charge on any atom is -0.382 e. The van der Waals surface area contributed by atoms with Crippen LogP contribution < -0.4 is 5.73 Å². The minimum atomic E-state index is 0.628. The molecule has 1 aliphatic carbocycles. The van der Waals surface area contributed by atoms with Gasteiger partial charge in [-0.3, -0.25) is 5.10 Å². The van der Waals surface area contributed by atoms with Crippen molar-refractivity contribution >= 4 is 5.82 Å². The van der Waals surface area contributed by atoms with E-state index in [1.165, 1.54) is 50.6 Å². The van der Waals surface area contributed by atoms with Gasteiger partial charge in [0.2, 0.25) is 0 Å². The predicted molar refractivity (Wildman–Crippen MR) is 67.2 cm³/mol. The Morgan fingerprint density at radius 2 is 2.12 bits per heavy atom. The molecule has 1 saturated carbocycles. The van der Waals surface area contributed by atoms with Crippen molar-refractivity contribution in [2.75, 3.05) is 5.73 Å². The molecule has 0 radical (unpaired) electrons. The number of anilines is 1. The molecule has 1 aliphatic rings. The van der Waals surface area contributed by atoms with Crippen LogP contribution in [0.2, 0.25) is 0 Å². The van der Waals surface area contributed by atoms with Gasteiger partial charge in [0.1, 0.15) is 5.82 Å². The molecular formula is C13H23N3. The fourth-order valence-electron chi connectivity index (χ4n) is 2.82. The van der Waals surface area contributed by atoms with E-state index in [4.69, 9.17) is 5.73 Å². The van der Waals surface area contributed by atoms with E-state index in [1.807, 2.05) is 6.07 Å². The van der Waals surface area contributed by atoms with Gasteiger partial charge in [-0.2, -0.15) is 5.10 Å². The van der Waals surface area contributed by atoms with Crippen LogP contribution in [0.15, 0.2) is 6.07 Å². The lowest BCUT2D eigenvalue weighted by Gasteiger charge is -2.27. The van der Waals surface area contributed by atoms with Gasteiger partial charge in [0.15, 0.2) is 0 Å². The number of nitrogens with zero attached hydrogens (tertiary/aromatic N) is 1. The van der Waals surface area contributed by atoms with Gasteiger partial charge < -0.3 is 5.73 Å². The van der Waals surface area contributed by atoms with E-state index in [2.05, 4.69) is 17.1 Å². The molecule has 2 rings (SSSR count). The van der Waals surface area contributed by atoms with Crippen molar-refractivity contribution < 1.29 is 0 Å². The number of hydrogen-bond donors (Lipinski definition) is 2. The second kappa shape index (κ2) is 5.37. The zero-order valence-corrected chi connectivity index (χ0v) is 10.2. The highest BCUT2D eigenvalue weighted by molar-refractivity contribution is 5.30. The number of unbranched alkanes of at least 4 members (excludes halogenated alkanes) is 1. The number of nitrogens with two attached hydrogens (primary N) is 1. The Morgan fingerprint density at radius 3 is 2.69 bits per heavy atom. The van der Waals surface area contributed by atoms with Crippen molar-refractivity contribution in [3.8, 4) is 0 Å². The molecule has 0 spiro atoms. The summed E-state index contributed by atoms with van der Waals surface area (Å²) in [5.41, 5.74) is 6.88. The van der Waals surface area contributed by atoms with E-state index < -0.39 is 0 Å². The quantitative estimate of drug-likeness (QED) is 0.818. The molecule has 3 nitrogen and oxygen atoms in total. The molecule has 3 heteroatoms. The molecule has 3 N–H and O–H groups in total. The summed E-state index contributed by atoms with van der Waals surface area (Å²) in [5, 5.41) is 7.07. The third-order valence-corrected chi connectivity index (χ3v) is 3.87. The first-order valence-corrected chi connectivity index (χ1v) is 6.60. The molecule has 16 heavy (non-hydrogen) atoms. The molecule has 1 aromatic rings. The molecule has 1 fully saturated rings. The fourth-order valence-corrected chi connectivity index (χ4v) is 2.82. The van der Waals surface area contributed by atoms with E-state index in [0.717, 1.165) is 5.92 Å². The smallest absolute Gasteiger partial charge is 0.145 e. The summed E-state index contributed by atoms with van der Waals surface area (Å²) in [5.74, 6) is 2.27. The van der Waals surface area contributed by atoms with Crippen molar-refractivity contribution in [2.45, 2.75) is 57.8 Å². The standard InChI is InChI=1S/C13H23N3/c1-2-3-4-10-5-7-11(8-6-10)12-9-13(14)16-15-12/h9-11H,2-8H2,1H3,(H3,14,15,16). The van der Waals surface area contributed by atoms with Crippen LogP contribution in [0.1, 0.15) is 63.5 Å². The lowest BCUT2D eigenvalue weighted by molar-refractivity contribution is 0.301. The summed E-state index contributed by atoms with van der Waals surface area (Å²) < 4.78 is 0. The van der Waals surface area contributed by atoms with E-state index in [-0.39, 0.29) is 0 Å². The zero-order valence-electron chi connectivity index (χ0n) is 10.2. The van der Waals surface area contributed by atoms with Crippen LogP contribution in [0.4, 0.5) is 5.82 Å². The van der Waals surface area contributed by atoms with E-state index >= 15 is 0 Å². The van der Waals surface area contributed by atoms with Crippen LogP contribution in [-0.4, -0.2) is 10.2 Å². The van der Waals surface area contributed by atoms with Crippen molar-refractivity contribution in [3.05, 3.63) is 11.8 Å². The Hall–Kier alpha value is -0.990. The summed E-state index contributed by atoms with van der Waals surface area (Å²) in [6.07, 6.45) is 9.51. The first-order valence-electron chi connectivity index (χ1n) is 6.60. The average Bonchev–Trinajstić information content (AvgIpc) is 2.74.